The first-order valence-electron chi connectivity index (χ1n) is 5.33. The normalized spacial score (nSPS) is 10.4. The molecule has 3 nitrogen and oxygen atoms in total. The monoisotopic (exact) mass is 232 g/mol. The largest absolute Gasteiger partial charge is 0.508 e. The summed E-state index contributed by atoms with van der Waals surface area (Å²) in [5.41, 5.74) is 1.65. The van der Waals surface area contributed by atoms with Crippen molar-refractivity contribution in [3.8, 4) is 5.75 Å². The Bertz CT molecular complexity index is 488. The van der Waals surface area contributed by atoms with Crippen LogP contribution in [0.25, 0.3) is 0 Å². The average molecular weight is 232 g/mol. The van der Waals surface area contributed by atoms with Gasteiger partial charge in [-0.15, -0.1) is 0 Å². The Morgan fingerprint density at radius 3 is 2.65 bits per heavy atom. The van der Waals surface area contributed by atoms with Gasteiger partial charge in [-0.05, 0) is 35.9 Å². The molecule has 0 aliphatic carbocycles. The second-order valence-corrected chi connectivity index (χ2v) is 3.73. The number of hydrogen-bond acceptors (Lipinski definition) is 3. The Labute approximate surface area is 98.9 Å². The molecule has 1 aromatic carbocycles. The Kier molecular flexibility index (Phi) is 3.67. The van der Waals surface area contributed by atoms with Crippen LogP contribution in [0.2, 0.25) is 0 Å². The molecule has 2 aromatic rings. The minimum Gasteiger partial charge on any atom is -0.508 e. The van der Waals surface area contributed by atoms with Gasteiger partial charge in [0, 0.05) is 31.0 Å². The van der Waals surface area contributed by atoms with E-state index in [1.165, 1.54) is 18.2 Å². The fourth-order valence-electron chi connectivity index (χ4n) is 1.54. The molecule has 0 aliphatic rings. The van der Waals surface area contributed by atoms with Gasteiger partial charge in [-0.25, -0.2) is 4.39 Å². The maximum Gasteiger partial charge on any atom is 0.123 e. The quantitative estimate of drug-likeness (QED) is 0.849. The number of rotatable bonds is 4. The van der Waals surface area contributed by atoms with Crippen molar-refractivity contribution >= 4 is 0 Å². The molecule has 88 valence electrons. The highest BCUT2D eigenvalue weighted by molar-refractivity contribution is 5.32. The van der Waals surface area contributed by atoms with E-state index >= 15 is 0 Å². The van der Waals surface area contributed by atoms with Crippen molar-refractivity contribution in [2.75, 3.05) is 0 Å². The third-order valence-electron chi connectivity index (χ3n) is 2.44. The summed E-state index contributed by atoms with van der Waals surface area (Å²) in [6, 6.07) is 7.73. The zero-order valence-electron chi connectivity index (χ0n) is 9.23. The number of halogens is 1. The lowest BCUT2D eigenvalue weighted by atomic mass is 10.2. The third-order valence-corrected chi connectivity index (χ3v) is 2.44. The molecule has 2 N–H and O–H groups in total. The van der Waals surface area contributed by atoms with Crippen molar-refractivity contribution in [1.29, 1.82) is 0 Å². The average Bonchev–Trinajstić information content (AvgIpc) is 2.35. The molecule has 0 fully saturated rings. The van der Waals surface area contributed by atoms with Crippen LogP contribution < -0.4 is 5.32 Å². The summed E-state index contributed by atoms with van der Waals surface area (Å²) in [7, 11) is 0. The van der Waals surface area contributed by atoms with Crippen LogP contribution in [0.4, 0.5) is 4.39 Å². The molecule has 0 aliphatic heterocycles. The summed E-state index contributed by atoms with van der Waals surface area (Å²) >= 11 is 0. The molecule has 0 spiro atoms. The first-order valence-corrected chi connectivity index (χ1v) is 5.33. The van der Waals surface area contributed by atoms with Gasteiger partial charge in [0.2, 0.25) is 0 Å². The SMILES string of the molecule is Oc1ccc(F)cc1CNCc1ccncc1. The number of nitrogens with one attached hydrogen (secondary N) is 1. The zero-order chi connectivity index (χ0) is 12.1. The number of phenols is 1. The fraction of sp³-hybridized carbons (Fsp3) is 0.154. The molecule has 1 aromatic heterocycles. The minimum atomic E-state index is -0.344. The van der Waals surface area contributed by atoms with E-state index in [1.54, 1.807) is 12.4 Å². The van der Waals surface area contributed by atoms with E-state index in [-0.39, 0.29) is 11.6 Å². The second-order valence-electron chi connectivity index (χ2n) is 3.73. The van der Waals surface area contributed by atoms with Crippen LogP contribution in [0.3, 0.4) is 0 Å². The topological polar surface area (TPSA) is 45.1 Å². The highest BCUT2D eigenvalue weighted by Crippen LogP contribution is 2.17. The number of nitrogens with zero attached hydrogens (tertiary/aromatic N) is 1. The van der Waals surface area contributed by atoms with Gasteiger partial charge >= 0.3 is 0 Å². The number of aromatic hydroxyl groups is 1. The van der Waals surface area contributed by atoms with Crippen molar-refractivity contribution in [1.82, 2.24) is 10.3 Å². The maximum absolute atomic E-state index is 13.0. The summed E-state index contributed by atoms with van der Waals surface area (Å²) in [5.74, 6) is -0.239. The van der Waals surface area contributed by atoms with Crippen LogP contribution in [0.1, 0.15) is 11.1 Å². The van der Waals surface area contributed by atoms with Gasteiger partial charge in [0.25, 0.3) is 0 Å². The Morgan fingerprint density at radius 1 is 1.12 bits per heavy atom. The molecule has 0 saturated carbocycles. The van der Waals surface area contributed by atoms with Gasteiger partial charge in [-0.2, -0.15) is 0 Å². The number of phenolic OH excluding ortho intramolecular Hbond substituents is 1. The van der Waals surface area contributed by atoms with Crippen LogP contribution in [0.5, 0.6) is 5.75 Å². The van der Waals surface area contributed by atoms with Gasteiger partial charge in [-0.3, -0.25) is 4.98 Å². The van der Waals surface area contributed by atoms with Crippen LogP contribution in [-0.4, -0.2) is 10.1 Å². The molecule has 4 heteroatoms. The summed E-state index contributed by atoms with van der Waals surface area (Å²) in [6.45, 7) is 1.07. The van der Waals surface area contributed by atoms with Crippen LogP contribution in [0.15, 0.2) is 42.7 Å². The van der Waals surface area contributed by atoms with Gasteiger partial charge in [0.15, 0.2) is 0 Å². The molecule has 0 bridgehead atoms. The summed E-state index contributed by atoms with van der Waals surface area (Å²) in [4.78, 5) is 3.92. The molecular weight excluding hydrogens is 219 g/mol. The molecule has 0 saturated heterocycles. The first-order chi connectivity index (χ1) is 8.25. The van der Waals surface area contributed by atoms with E-state index in [4.69, 9.17) is 0 Å². The molecule has 17 heavy (non-hydrogen) atoms. The third kappa shape index (κ3) is 3.26. The van der Waals surface area contributed by atoms with Gasteiger partial charge in [0.1, 0.15) is 11.6 Å². The number of hydrogen-bond donors (Lipinski definition) is 2. The van der Waals surface area contributed by atoms with Gasteiger partial charge in [0.05, 0.1) is 0 Å². The fourth-order valence-corrected chi connectivity index (χ4v) is 1.54. The molecule has 0 unspecified atom stereocenters. The minimum absolute atomic E-state index is 0.105. The van der Waals surface area contributed by atoms with Crippen LogP contribution in [-0.2, 0) is 13.1 Å². The Hall–Kier alpha value is -1.94. The predicted octanol–water partition coefficient (Wildman–Crippen LogP) is 2.22. The van der Waals surface area contributed by atoms with Crippen molar-refractivity contribution in [2.24, 2.45) is 0 Å². The highest BCUT2D eigenvalue weighted by atomic mass is 19.1. The standard InChI is InChI=1S/C13H13FN2O/c14-12-1-2-13(17)11(7-12)9-16-8-10-3-5-15-6-4-10/h1-7,16-17H,8-9H2. The molecule has 0 radical (unpaired) electrons. The van der Waals surface area contributed by atoms with E-state index in [0.29, 0.717) is 18.7 Å². The molecule has 0 atom stereocenters. The summed E-state index contributed by atoms with van der Waals surface area (Å²) < 4.78 is 13.0. The number of aromatic nitrogens is 1. The van der Waals surface area contributed by atoms with Crippen LogP contribution in [0, 0.1) is 5.82 Å². The highest BCUT2D eigenvalue weighted by Gasteiger charge is 2.02. The Morgan fingerprint density at radius 2 is 1.88 bits per heavy atom. The molecule has 1 heterocycles. The van der Waals surface area contributed by atoms with Crippen molar-refractivity contribution in [3.05, 3.63) is 59.7 Å². The van der Waals surface area contributed by atoms with Gasteiger partial charge < -0.3 is 10.4 Å². The van der Waals surface area contributed by atoms with E-state index in [0.717, 1.165) is 5.56 Å². The van der Waals surface area contributed by atoms with Crippen molar-refractivity contribution < 1.29 is 9.50 Å². The number of benzene rings is 1. The molecule has 0 amide bonds. The van der Waals surface area contributed by atoms with Crippen LogP contribution >= 0.6 is 0 Å². The maximum atomic E-state index is 13.0. The van der Waals surface area contributed by atoms with Crippen molar-refractivity contribution in [2.45, 2.75) is 13.1 Å². The summed E-state index contributed by atoms with van der Waals surface area (Å²) in [5, 5.41) is 12.6. The Balaban J connectivity index is 1.92. The van der Waals surface area contributed by atoms with Gasteiger partial charge in [-0.1, -0.05) is 0 Å². The smallest absolute Gasteiger partial charge is 0.123 e. The zero-order valence-corrected chi connectivity index (χ0v) is 9.23. The lowest BCUT2D eigenvalue weighted by Crippen LogP contribution is -2.12. The lowest BCUT2D eigenvalue weighted by Gasteiger charge is -2.06. The molecular formula is C13H13FN2O. The van der Waals surface area contributed by atoms with E-state index in [2.05, 4.69) is 10.3 Å². The summed E-state index contributed by atoms with van der Waals surface area (Å²) in [6.07, 6.45) is 3.44. The number of pyridine rings is 1. The lowest BCUT2D eigenvalue weighted by molar-refractivity contribution is 0.461. The van der Waals surface area contributed by atoms with Crippen molar-refractivity contribution in [3.63, 3.8) is 0 Å². The molecule has 2 rings (SSSR count). The first kappa shape index (κ1) is 11.5. The predicted molar refractivity (Wildman–Crippen MR) is 62.8 cm³/mol. The second kappa shape index (κ2) is 5.41. The van der Waals surface area contributed by atoms with E-state index in [9.17, 15) is 9.50 Å². The van der Waals surface area contributed by atoms with E-state index < -0.39 is 0 Å². The van der Waals surface area contributed by atoms with E-state index in [1.807, 2.05) is 12.1 Å².